The van der Waals surface area contributed by atoms with Crippen molar-refractivity contribution in [2.45, 2.75) is 25.8 Å². The van der Waals surface area contributed by atoms with Crippen LogP contribution in [0.4, 0.5) is 5.69 Å². The molecule has 3 nitrogen and oxygen atoms in total. The highest BCUT2D eigenvalue weighted by Crippen LogP contribution is 2.22. The van der Waals surface area contributed by atoms with Crippen LogP contribution in [-0.4, -0.2) is 50.2 Å². The minimum atomic E-state index is 0.677. The van der Waals surface area contributed by atoms with E-state index in [0.29, 0.717) is 6.04 Å². The first-order valence-corrected chi connectivity index (χ1v) is 8.56. The second-order valence-corrected chi connectivity index (χ2v) is 6.88. The quantitative estimate of drug-likeness (QED) is 0.926. The first kappa shape index (κ1) is 15.1. The first-order valence-electron chi connectivity index (χ1n) is 8.18. The van der Waals surface area contributed by atoms with Crippen LogP contribution in [0.2, 0.25) is 5.02 Å². The smallest absolute Gasteiger partial charge is 0.0426 e. The number of halogens is 1. The Labute approximate surface area is 133 Å². The number of hydrogen-bond donors (Lipinski definition) is 1. The van der Waals surface area contributed by atoms with Gasteiger partial charge in [0.05, 0.1) is 0 Å². The molecule has 0 bridgehead atoms. The van der Waals surface area contributed by atoms with Crippen molar-refractivity contribution in [3.8, 4) is 0 Å². The molecule has 2 fully saturated rings. The number of nitrogens with zero attached hydrogens (tertiary/aromatic N) is 2. The summed E-state index contributed by atoms with van der Waals surface area (Å²) in [6, 6.07) is 8.89. The lowest BCUT2D eigenvalue weighted by molar-refractivity contribution is 0.183. The molecule has 2 heterocycles. The summed E-state index contributed by atoms with van der Waals surface area (Å²) >= 11 is 6.09. The van der Waals surface area contributed by atoms with Gasteiger partial charge in [0.25, 0.3) is 0 Å². The van der Waals surface area contributed by atoms with E-state index in [9.17, 15) is 0 Å². The Morgan fingerprint density at radius 3 is 2.76 bits per heavy atom. The van der Waals surface area contributed by atoms with E-state index >= 15 is 0 Å². The molecular formula is C17H26ClN3. The molecule has 2 aliphatic heterocycles. The van der Waals surface area contributed by atoms with E-state index in [1.807, 2.05) is 12.1 Å². The van der Waals surface area contributed by atoms with Gasteiger partial charge < -0.3 is 10.2 Å². The molecule has 2 unspecified atom stereocenters. The van der Waals surface area contributed by atoms with Crippen LogP contribution in [0.3, 0.4) is 0 Å². The summed E-state index contributed by atoms with van der Waals surface area (Å²) in [6.45, 7) is 9.28. The van der Waals surface area contributed by atoms with Crippen LogP contribution in [0.5, 0.6) is 0 Å². The van der Waals surface area contributed by atoms with Crippen LogP contribution in [-0.2, 0) is 0 Å². The minimum Gasteiger partial charge on any atom is -0.369 e. The van der Waals surface area contributed by atoms with E-state index in [1.165, 1.54) is 31.6 Å². The Bertz CT molecular complexity index is 457. The summed E-state index contributed by atoms with van der Waals surface area (Å²) in [5.74, 6) is 0.810. The normalized spacial score (nSPS) is 27.8. The molecule has 0 aliphatic carbocycles. The summed E-state index contributed by atoms with van der Waals surface area (Å²) in [4.78, 5) is 5.06. The van der Waals surface area contributed by atoms with Gasteiger partial charge >= 0.3 is 0 Å². The summed E-state index contributed by atoms with van der Waals surface area (Å²) in [6.07, 6.45) is 2.71. The zero-order valence-electron chi connectivity index (χ0n) is 12.9. The zero-order valence-corrected chi connectivity index (χ0v) is 13.6. The second kappa shape index (κ2) is 6.99. The van der Waals surface area contributed by atoms with Crippen molar-refractivity contribution in [2.75, 3.05) is 44.2 Å². The maximum absolute atomic E-state index is 6.09. The third-order valence-electron chi connectivity index (χ3n) is 4.93. The van der Waals surface area contributed by atoms with E-state index in [2.05, 4.69) is 34.2 Å². The molecule has 1 aromatic carbocycles. The average Bonchev–Trinajstić information content (AvgIpc) is 2.50. The molecule has 3 rings (SSSR count). The fourth-order valence-electron chi connectivity index (χ4n) is 3.50. The highest BCUT2D eigenvalue weighted by Gasteiger charge is 2.25. The number of rotatable bonds is 3. The Balaban J connectivity index is 1.51. The lowest BCUT2D eigenvalue weighted by atomic mass is 9.92. The predicted octanol–water partition coefficient (Wildman–Crippen LogP) is 2.85. The summed E-state index contributed by atoms with van der Waals surface area (Å²) < 4.78 is 0. The average molecular weight is 308 g/mol. The molecule has 4 heteroatoms. The number of nitrogens with one attached hydrogen (secondary N) is 1. The fourth-order valence-corrected chi connectivity index (χ4v) is 3.68. The predicted molar refractivity (Wildman–Crippen MR) is 90.3 cm³/mol. The third-order valence-corrected chi connectivity index (χ3v) is 5.17. The Kier molecular flexibility index (Phi) is 5.04. The second-order valence-electron chi connectivity index (χ2n) is 6.45. The zero-order chi connectivity index (χ0) is 14.7. The number of benzene rings is 1. The topological polar surface area (TPSA) is 18.5 Å². The van der Waals surface area contributed by atoms with Gasteiger partial charge in [-0.3, -0.25) is 4.90 Å². The van der Waals surface area contributed by atoms with E-state index in [-0.39, 0.29) is 0 Å². The summed E-state index contributed by atoms with van der Waals surface area (Å²) in [5, 5.41) is 4.52. The molecule has 2 saturated heterocycles. The lowest BCUT2D eigenvalue weighted by Gasteiger charge is -2.40. The van der Waals surface area contributed by atoms with Gasteiger partial charge in [0, 0.05) is 49.5 Å². The standard InChI is InChI=1S/C17H26ClN3/c1-14-4-3-7-19-17(14)13-20-8-10-21(11-9-20)16-6-2-5-15(18)12-16/h2,5-6,12,14,17,19H,3-4,7-11,13H2,1H3. The van der Waals surface area contributed by atoms with Gasteiger partial charge in [-0.1, -0.05) is 24.6 Å². The fraction of sp³-hybridized carbons (Fsp3) is 0.647. The van der Waals surface area contributed by atoms with Crippen molar-refractivity contribution in [1.82, 2.24) is 10.2 Å². The highest BCUT2D eigenvalue weighted by molar-refractivity contribution is 6.30. The molecule has 2 aliphatic rings. The van der Waals surface area contributed by atoms with Crippen molar-refractivity contribution < 1.29 is 0 Å². The highest BCUT2D eigenvalue weighted by atomic mass is 35.5. The molecule has 1 N–H and O–H groups in total. The number of piperidine rings is 1. The molecule has 0 spiro atoms. The van der Waals surface area contributed by atoms with Crippen LogP contribution in [0.1, 0.15) is 19.8 Å². The van der Waals surface area contributed by atoms with Gasteiger partial charge in [-0.2, -0.15) is 0 Å². The Morgan fingerprint density at radius 1 is 1.24 bits per heavy atom. The van der Waals surface area contributed by atoms with Gasteiger partial charge in [0.15, 0.2) is 0 Å². The molecule has 2 atom stereocenters. The number of anilines is 1. The molecule has 21 heavy (non-hydrogen) atoms. The van der Waals surface area contributed by atoms with Gasteiger partial charge in [0.1, 0.15) is 0 Å². The lowest BCUT2D eigenvalue weighted by Crippen LogP contribution is -2.53. The van der Waals surface area contributed by atoms with Crippen LogP contribution in [0.15, 0.2) is 24.3 Å². The van der Waals surface area contributed by atoms with E-state index in [1.54, 1.807) is 0 Å². The number of piperazine rings is 1. The van der Waals surface area contributed by atoms with Gasteiger partial charge in [0.2, 0.25) is 0 Å². The van der Waals surface area contributed by atoms with Gasteiger partial charge in [-0.05, 0) is 43.5 Å². The summed E-state index contributed by atoms with van der Waals surface area (Å²) in [5.41, 5.74) is 1.26. The minimum absolute atomic E-state index is 0.677. The van der Waals surface area contributed by atoms with Crippen molar-refractivity contribution in [3.63, 3.8) is 0 Å². The SMILES string of the molecule is CC1CCCNC1CN1CCN(c2cccc(Cl)c2)CC1. The van der Waals surface area contributed by atoms with Gasteiger partial charge in [-0.25, -0.2) is 0 Å². The van der Waals surface area contributed by atoms with Crippen molar-refractivity contribution in [3.05, 3.63) is 29.3 Å². The third kappa shape index (κ3) is 3.91. The maximum Gasteiger partial charge on any atom is 0.0426 e. The van der Waals surface area contributed by atoms with Crippen molar-refractivity contribution >= 4 is 17.3 Å². The van der Waals surface area contributed by atoms with E-state index in [4.69, 9.17) is 11.6 Å². The maximum atomic E-state index is 6.09. The summed E-state index contributed by atoms with van der Waals surface area (Å²) in [7, 11) is 0. The van der Waals surface area contributed by atoms with Crippen LogP contribution in [0, 0.1) is 5.92 Å². The number of hydrogen-bond acceptors (Lipinski definition) is 3. The Morgan fingerprint density at radius 2 is 2.05 bits per heavy atom. The van der Waals surface area contributed by atoms with E-state index in [0.717, 1.165) is 37.1 Å². The molecule has 0 radical (unpaired) electrons. The molecule has 0 saturated carbocycles. The molecular weight excluding hydrogens is 282 g/mol. The van der Waals surface area contributed by atoms with Crippen LogP contribution < -0.4 is 10.2 Å². The first-order chi connectivity index (χ1) is 10.2. The molecule has 1 aromatic rings. The van der Waals surface area contributed by atoms with Gasteiger partial charge in [-0.15, -0.1) is 0 Å². The van der Waals surface area contributed by atoms with Crippen LogP contribution >= 0.6 is 11.6 Å². The van der Waals surface area contributed by atoms with E-state index < -0.39 is 0 Å². The van der Waals surface area contributed by atoms with Crippen molar-refractivity contribution in [1.29, 1.82) is 0 Å². The largest absolute Gasteiger partial charge is 0.369 e. The Hall–Kier alpha value is -0.770. The van der Waals surface area contributed by atoms with Crippen molar-refractivity contribution in [2.24, 2.45) is 5.92 Å². The van der Waals surface area contributed by atoms with Crippen LogP contribution in [0.25, 0.3) is 0 Å². The molecule has 0 aromatic heterocycles. The monoisotopic (exact) mass is 307 g/mol. The molecule has 0 amide bonds. The molecule has 116 valence electrons.